The first-order chi connectivity index (χ1) is 7.97. The Bertz CT molecular complexity index is 426. The molecule has 4 N–H and O–H groups in total. The third-order valence-corrected chi connectivity index (χ3v) is 3.36. The maximum absolute atomic E-state index is 13.2. The van der Waals surface area contributed by atoms with Gasteiger partial charge in [-0.05, 0) is 18.4 Å². The molecule has 6 heteroatoms. The van der Waals surface area contributed by atoms with E-state index in [1.807, 2.05) is 13.2 Å². The zero-order valence-corrected chi connectivity index (χ0v) is 10.5. The van der Waals surface area contributed by atoms with Crippen LogP contribution in [0.25, 0.3) is 0 Å². The Hall–Kier alpha value is -1.43. The molecule has 0 amide bonds. The van der Waals surface area contributed by atoms with Gasteiger partial charge in [0.2, 0.25) is 0 Å². The molecule has 1 unspecified atom stereocenters. The van der Waals surface area contributed by atoms with Gasteiger partial charge in [-0.15, -0.1) is 0 Å². The first-order valence-electron chi connectivity index (χ1n) is 5.05. The highest BCUT2D eigenvalue weighted by atomic mass is 32.2. The zero-order valence-electron chi connectivity index (χ0n) is 9.66. The minimum Gasteiger partial charge on any atom is -0.478 e. The summed E-state index contributed by atoms with van der Waals surface area (Å²) in [5.41, 5.74) is 5.22. The van der Waals surface area contributed by atoms with Gasteiger partial charge in [0.15, 0.2) is 0 Å². The number of hydrogen-bond donors (Lipinski definition) is 3. The number of halogens is 1. The molecule has 0 radical (unpaired) electrons. The Morgan fingerprint density at radius 3 is 2.82 bits per heavy atom. The first-order valence-corrected chi connectivity index (χ1v) is 6.34. The molecule has 1 aromatic carbocycles. The van der Waals surface area contributed by atoms with Gasteiger partial charge in [-0.2, -0.15) is 11.8 Å². The molecule has 0 aliphatic heterocycles. The fraction of sp³-hybridized carbons (Fsp3) is 0.364. The lowest BCUT2D eigenvalue weighted by Gasteiger charge is -2.14. The number of carboxylic acid groups (broad SMARTS) is 1. The monoisotopic (exact) mass is 258 g/mol. The van der Waals surface area contributed by atoms with Crippen LogP contribution in [0.4, 0.5) is 15.8 Å². The van der Waals surface area contributed by atoms with E-state index in [4.69, 9.17) is 10.8 Å². The van der Waals surface area contributed by atoms with E-state index in [0.29, 0.717) is 17.5 Å². The number of benzene rings is 1. The number of thioether (sulfide) groups is 1. The van der Waals surface area contributed by atoms with Crippen LogP contribution in [-0.2, 0) is 0 Å². The third-order valence-electron chi connectivity index (χ3n) is 2.39. The van der Waals surface area contributed by atoms with Gasteiger partial charge in [0.05, 0.1) is 11.4 Å². The van der Waals surface area contributed by atoms with E-state index < -0.39 is 11.8 Å². The van der Waals surface area contributed by atoms with Crippen molar-refractivity contribution in [1.29, 1.82) is 0 Å². The predicted molar refractivity (Wildman–Crippen MR) is 69.2 cm³/mol. The maximum Gasteiger partial charge on any atom is 0.340 e. The summed E-state index contributed by atoms with van der Waals surface area (Å²) in [4.78, 5) is 11.0. The van der Waals surface area contributed by atoms with Crippen molar-refractivity contribution in [1.82, 2.24) is 0 Å². The summed E-state index contributed by atoms with van der Waals surface area (Å²) in [6.07, 6.45) is 1.96. The summed E-state index contributed by atoms with van der Waals surface area (Å²) < 4.78 is 13.2. The lowest BCUT2D eigenvalue weighted by molar-refractivity contribution is 0.0698. The van der Waals surface area contributed by atoms with Gasteiger partial charge < -0.3 is 16.2 Å². The molecule has 1 aromatic rings. The van der Waals surface area contributed by atoms with Gasteiger partial charge in [-0.25, -0.2) is 9.18 Å². The fourth-order valence-electron chi connectivity index (χ4n) is 1.31. The summed E-state index contributed by atoms with van der Waals surface area (Å²) in [7, 11) is 0. The Morgan fingerprint density at radius 1 is 1.65 bits per heavy atom. The van der Waals surface area contributed by atoms with E-state index in [2.05, 4.69) is 5.32 Å². The third kappa shape index (κ3) is 3.26. The minimum atomic E-state index is -1.23. The average Bonchev–Trinajstić information content (AvgIpc) is 2.29. The van der Waals surface area contributed by atoms with E-state index in [1.54, 1.807) is 11.8 Å². The van der Waals surface area contributed by atoms with Gasteiger partial charge in [0, 0.05) is 11.8 Å². The summed E-state index contributed by atoms with van der Waals surface area (Å²) in [5.74, 6) is -1.95. The molecule has 0 spiro atoms. The molecule has 0 saturated carbocycles. The van der Waals surface area contributed by atoms with E-state index >= 15 is 0 Å². The van der Waals surface area contributed by atoms with Crippen molar-refractivity contribution in [2.75, 3.05) is 23.9 Å². The summed E-state index contributed by atoms with van der Waals surface area (Å²) in [6, 6.07) is 2.55. The highest BCUT2D eigenvalue weighted by Gasteiger charge is 2.17. The number of hydrogen-bond acceptors (Lipinski definition) is 4. The van der Waals surface area contributed by atoms with Gasteiger partial charge >= 0.3 is 5.97 Å². The van der Waals surface area contributed by atoms with Crippen molar-refractivity contribution >= 4 is 29.1 Å². The second-order valence-electron chi connectivity index (χ2n) is 3.62. The summed E-state index contributed by atoms with van der Waals surface area (Å²) >= 11 is 1.65. The molecule has 0 saturated heterocycles. The predicted octanol–water partition coefficient (Wildman–Crippen LogP) is 2.27. The molecule has 0 aliphatic rings. The Balaban J connectivity index is 2.99. The molecule has 1 rings (SSSR count). The second-order valence-corrected chi connectivity index (χ2v) is 4.89. The van der Waals surface area contributed by atoms with Crippen LogP contribution >= 0.6 is 11.8 Å². The number of anilines is 2. The molecule has 0 heterocycles. The minimum absolute atomic E-state index is 0.210. The molecule has 94 valence electrons. The van der Waals surface area contributed by atoms with Crippen molar-refractivity contribution < 1.29 is 14.3 Å². The second kappa shape index (κ2) is 5.77. The zero-order chi connectivity index (χ0) is 13.0. The fourth-order valence-corrected chi connectivity index (χ4v) is 1.56. The number of carboxylic acids is 1. The quantitative estimate of drug-likeness (QED) is 0.706. The molecular weight excluding hydrogens is 243 g/mol. The van der Waals surface area contributed by atoms with Crippen molar-refractivity contribution in [3.8, 4) is 0 Å². The largest absolute Gasteiger partial charge is 0.478 e. The van der Waals surface area contributed by atoms with Crippen LogP contribution < -0.4 is 11.1 Å². The van der Waals surface area contributed by atoms with Gasteiger partial charge in [-0.1, -0.05) is 6.92 Å². The summed E-state index contributed by atoms with van der Waals surface area (Å²) in [5, 5.41) is 12.3. The molecule has 0 aromatic heterocycles. The number of nitrogen functional groups attached to an aromatic ring is 1. The number of rotatable bonds is 5. The van der Waals surface area contributed by atoms with Crippen LogP contribution in [0.5, 0.6) is 0 Å². The highest BCUT2D eigenvalue weighted by Crippen LogP contribution is 2.25. The van der Waals surface area contributed by atoms with E-state index in [1.165, 1.54) is 6.07 Å². The van der Waals surface area contributed by atoms with Crippen molar-refractivity contribution in [3.05, 3.63) is 23.5 Å². The van der Waals surface area contributed by atoms with E-state index in [-0.39, 0.29) is 11.3 Å². The Morgan fingerprint density at radius 2 is 2.29 bits per heavy atom. The van der Waals surface area contributed by atoms with Gasteiger partial charge in [0.25, 0.3) is 0 Å². The van der Waals surface area contributed by atoms with Gasteiger partial charge in [0.1, 0.15) is 11.4 Å². The standard InChI is InChI=1S/C11H15FN2O2S/c1-6(17-2)5-14-8-4-3-7(12)10(13)9(8)11(15)16/h3-4,6,14H,5,13H2,1-2H3,(H,15,16). The molecule has 0 aliphatic carbocycles. The van der Waals surface area contributed by atoms with Crippen LogP contribution in [0, 0.1) is 5.82 Å². The normalized spacial score (nSPS) is 12.2. The molecule has 0 fully saturated rings. The molecule has 4 nitrogen and oxygen atoms in total. The molecule has 0 bridgehead atoms. The van der Waals surface area contributed by atoms with Crippen LogP contribution in [0.15, 0.2) is 12.1 Å². The maximum atomic E-state index is 13.2. The number of nitrogens with one attached hydrogen (secondary N) is 1. The first kappa shape index (κ1) is 13.6. The number of aromatic carboxylic acids is 1. The van der Waals surface area contributed by atoms with Crippen molar-refractivity contribution in [2.24, 2.45) is 0 Å². The smallest absolute Gasteiger partial charge is 0.340 e. The van der Waals surface area contributed by atoms with E-state index in [9.17, 15) is 9.18 Å². The molecule has 1 atom stereocenters. The number of nitrogens with two attached hydrogens (primary N) is 1. The lowest BCUT2D eigenvalue weighted by atomic mass is 10.1. The molecule has 17 heavy (non-hydrogen) atoms. The Labute approximate surface area is 103 Å². The van der Waals surface area contributed by atoms with Crippen LogP contribution in [0.3, 0.4) is 0 Å². The van der Waals surface area contributed by atoms with Crippen molar-refractivity contribution in [3.63, 3.8) is 0 Å². The van der Waals surface area contributed by atoms with E-state index in [0.717, 1.165) is 6.07 Å². The topological polar surface area (TPSA) is 75.3 Å². The summed E-state index contributed by atoms with van der Waals surface area (Å²) in [6.45, 7) is 2.59. The van der Waals surface area contributed by atoms with Crippen LogP contribution in [0.2, 0.25) is 0 Å². The lowest BCUT2D eigenvalue weighted by Crippen LogP contribution is -2.16. The van der Waals surface area contributed by atoms with Gasteiger partial charge in [-0.3, -0.25) is 0 Å². The average molecular weight is 258 g/mol. The van der Waals surface area contributed by atoms with Crippen LogP contribution in [-0.4, -0.2) is 29.1 Å². The van der Waals surface area contributed by atoms with Crippen molar-refractivity contribution in [2.45, 2.75) is 12.2 Å². The number of carbonyl (C=O) groups is 1. The van der Waals surface area contributed by atoms with Crippen LogP contribution in [0.1, 0.15) is 17.3 Å². The Kier molecular flexibility index (Phi) is 4.62. The SMILES string of the molecule is CSC(C)CNc1ccc(F)c(N)c1C(=O)O. The molecular formula is C11H15FN2O2S. The highest BCUT2D eigenvalue weighted by molar-refractivity contribution is 7.99.